The predicted molar refractivity (Wildman–Crippen MR) is 80.7 cm³/mol. The molecule has 3 nitrogen and oxygen atoms in total. The number of hydrogen-bond donors (Lipinski definition) is 0. The second kappa shape index (κ2) is 5.01. The molecule has 2 saturated carbocycles. The first-order valence-corrected chi connectivity index (χ1v) is 8.35. The van der Waals surface area contributed by atoms with Crippen LogP contribution in [0.25, 0.3) is 0 Å². The summed E-state index contributed by atoms with van der Waals surface area (Å²) in [5.74, 6) is 4.28. The molecule has 3 fully saturated rings. The van der Waals surface area contributed by atoms with Gasteiger partial charge in [-0.15, -0.1) is 0 Å². The van der Waals surface area contributed by atoms with Crippen LogP contribution in [0.15, 0.2) is 12.4 Å². The van der Waals surface area contributed by atoms with Crippen molar-refractivity contribution < 1.29 is 0 Å². The maximum Gasteiger partial charge on any atom is 0.132 e. The molecule has 3 aliphatic rings. The summed E-state index contributed by atoms with van der Waals surface area (Å²) in [5, 5.41) is 0. The van der Waals surface area contributed by atoms with Gasteiger partial charge in [-0.2, -0.15) is 0 Å². The molecule has 0 amide bonds. The van der Waals surface area contributed by atoms with Gasteiger partial charge in [0.2, 0.25) is 0 Å². The van der Waals surface area contributed by atoms with Gasteiger partial charge in [-0.1, -0.05) is 6.42 Å². The van der Waals surface area contributed by atoms with E-state index in [2.05, 4.69) is 27.9 Å². The van der Waals surface area contributed by atoms with E-state index in [1.54, 1.807) is 6.33 Å². The van der Waals surface area contributed by atoms with Crippen LogP contribution in [0.3, 0.4) is 0 Å². The van der Waals surface area contributed by atoms with Gasteiger partial charge < -0.3 is 4.90 Å². The first kappa shape index (κ1) is 12.6. The molecule has 1 saturated heterocycles. The van der Waals surface area contributed by atoms with Crippen LogP contribution in [-0.2, 0) is 0 Å². The molecular weight excluding hydrogens is 246 g/mol. The summed E-state index contributed by atoms with van der Waals surface area (Å²) in [6.07, 6.45) is 11.9. The van der Waals surface area contributed by atoms with Gasteiger partial charge in [0.15, 0.2) is 0 Å². The highest BCUT2D eigenvalue weighted by Gasteiger charge is 2.41. The minimum Gasteiger partial charge on any atom is -0.354 e. The molecule has 0 spiro atoms. The number of hydrogen-bond acceptors (Lipinski definition) is 3. The maximum absolute atomic E-state index is 4.51. The molecule has 1 aliphatic heterocycles. The number of nitrogens with zero attached hydrogens (tertiary/aromatic N) is 3. The number of fused-ring (bicyclic) bond motifs is 2. The van der Waals surface area contributed by atoms with Crippen LogP contribution in [0.5, 0.6) is 0 Å². The van der Waals surface area contributed by atoms with Gasteiger partial charge in [-0.25, -0.2) is 9.97 Å². The molecule has 2 heterocycles. The monoisotopic (exact) mass is 271 g/mol. The average Bonchev–Trinajstić information content (AvgIpc) is 3.14. The largest absolute Gasteiger partial charge is 0.354 e. The molecule has 0 radical (unpaired) electrons. The minimum absolute atomic E-state index is 0.730. The van der Waals surface area contributed by atoms with E-state index in [-0.39, 0.29) is 0 Å². The fourth-order valence-electron chi connectivity index (χ4n) is 4.99. The quantitative estimate of drug-likeness (QED) is 0.841. The highest BCUT2D eigenvalue weighted by atomic mass is 15.2. The molecule has 1 aromatic heterocycles. The molecule has 108 valence electrons. The highest BCUT2D eigenvalue weighted by molar-refractivity contribution is 5.41. The summed E-state index contributed by atoms with van der Waals surface area (Å²) in [7, 11) is 0. The molecule has 2 aliphatic carbocycles. The van der Waals surface area contributed by atoms with Crippen LogP contribution < -0.4 is 4.90 Å². The van der Waals surface area contributed by atoms with E-state index in [0.29, 0.717) is 0 Å². The zero-order valence-electron chi connectivity index (χ0n) is 12.5. The summed E-state index contributed by atoms with van der Waals surface area (Å²) in [6.45, 7) is 3.24. The van der Waals surface area contributed by atoms with Crippen LogP contribution in [0, 0.1) is 24.7 Å². The van der Waals surface area contributed by atoms with Gasteiger partial charge in [0, 0.05) is 24.3 Å². The zero-order valence-corrected chi connectivity index (χ0v) is 12.5. The molecule has 4 rings (SSSR count). The second-order valence-electron chi connectivity index (χ2n) is 7.18. The average molecular weight is 271 g/mol. The smallest absolute Gasteiger partial charge is 0.132 e. The molecule has 1 aromatic rings. The molecule has 20 heavy (non-hydrogen) atoms. The Bertz CT molecular complexity index is 487. The lowest BCUT2D eigenvalue weighted by molar-refractivity contribution is 0.294. The summed E-state index contributed by atoms with van der Waals surface area (Å²) in [5.41, 5.74) is 1.08. The Hall–Kier alpha value is -1.12. The Kier molecular flexibility index (Phi) is 3.16. The van der Waals surface area contributed by atoms with Crippen molar-refractivity contribution in [1.29, 1.82) is 0 Å². The van der Waals surface area contributed by atoms with Crippen molar-refractivity contribution in [1.82, 2.24) is 9.97 Å². The Morgan fingerprint density at radius 3 is 2.90 bits per heavy atom. The van der Waals surface area contributed by atoms with Crippen molar-refractivity contribution in [2.24, 2.45) is 17.8 Å². The molecule has 2 bridgehead atoms. The Morgan fingerprint density at radius 2 is 2.15 bits per heavy atom. The molecule has 0 aromatic carbocycles. The molecule has 0 unspecified atom stereocenters. The van der Waals surface area contributed by atoms with Crippen molar-refractivity contribution in [2.75, 3.05) is 11.4 Å². The predicted octanol–water partition coefficient (Wildman–Crippen LogP) is 3.58. The lowest BCUT2D eigenvalue weighted by Gasteiger charge is -2.31. The van der Waals surface area contributed by atoms with E-state index >= 15 is 0 Å². The third kappa shape index (κ3) is 2.21. The summed E-state index contributed by atoms with van der Waals surface area (Å²) in [4.78, 5) is 11.3. The van der Waals surface area contributed by atoms with Gasteiger partial charge >= 0.3 is 0 Å². The Balaban J connectivity index is 1.47. The second-order valence-corrected chi connectivity index (χ2v) is 7.18. The lowest BCUT2D eigenvalue weighted by Crippen LogP contribution is -2.33. The van der Waals surface area contributed by atoms with E-state index in [4.69, 9.17) is 0 Å². The van der Waals surface area contributed by atoms with Crippen LogP contribution in [0.1, 0.15) is 50.6 Å². The van der Waals surface area contributed by atoms with E-state index in [1.807, 2.05) is 0 Å². The fraction of sp³-hybridized carbons (Fsp3) is 0.765. The number of anilines is 1. The first-order chi connectivity index (χ1) is 9.79. The van der Waals surface area contributed by atoms with Crippen LogP contribution >= 0.6 is 0 Å². The molecule has 4 atom stereocenters. The Labute approximate surface area is 121 Å². The number of aromatic nitrogens is 2. The normalized spacial score (nSPS) is 36.0. The third-order valence-electron chi connectivity index (χ3n) is 5.92. The third-order valence-corrected chi connectivity index (χ3v) is 5.92. The molecular formula is C17H25N3. The summed E-state index contributed by atoms with van der Waals surface area (Å²) >= 11 is 0. The van der Waals surface area contributed by atoms with Gasteiger partial charge in [0.1, 0.15) is 12.1 Å². The highest BCUT2D eigenvalue weighted by Crippen LogP contribution is 2.50. The van der Waals surface area contributed by atoms with Gasteiger partial charge in [-0.05, 0) is 63.2 Å². The lowest BCUT2D eigenvalue weighted by atomic mass is 9.84. The van der Waals surface area contributed by atoms with E-state index in [9.17, 15) is 0 Å². The number of aryl methyl sites for hydroxylation is 1. The zero-order chi connectivity index (χ0) is 13.5. The van der Waals surface area contributed by atoms with Crippen LogP contribution in [0.4, 0.5) is 5.82 Å². The van der Waals surface area contributed by atoms with Gasteiger partial charge in [-0.3, -0.25) is 0 Å². The van der Waals surface area contributed by atoms with Crippen molar-refractivity contribution in [3.8, 4) is 0 Å². The van der Waals surface area contributed by atoms with Crippen molar-refractivity contribution in [2.45, 2.75) is 57.9 Å². The van der Waals surface area contributed by atoms with Crippen LogP contribution in [0.2, 0.25) is 0 Å². The molecule has 0 N–H and O–H groups in total. The van der Waals surface area contributed by atoms with Crippen LogP contribution in [-0.4, -0.2) is 22.6 Å². The topological polar surface area (TPSA) is 29.0 Å². The van der Waals surface area contributed by atoms with E-state index in [1.165, 1.54) is 51.5 Å². The Morgan fingerprint density at radius 1 is 1.20 bits per heavy atom. The summed E-state index contributed by atoms with van der Waals surface area (Å²) in [6, 6.07) is 2.88. The van der Waals surface area contributed by atoms with Crippen molar-refractivity contribution >= 4 is 5.82 Å². The van der Waals surface area contributed by atoms with E-state index < -0.39 is 0 Å². The van der Waals surface area contributed by atoms with Crippen molar-refractivity contribution in [3.63, 3.8) is 0 Å². The standard InChI is InChI=1S/C17H25N3/c1-12-7-17(19-11-18-12)20-6-2-3-16(20)10-15-9-13-4-5-14(15)8-13/h7,11,13-16H,2-6,8-10H2,1H3/t13-,14-,15-,16+/m0/s1. The minimum atomic E-state index is 0.730. The number of rotatable bonds is 3. The summed E-state index contributed by atoms with van der Waals surface area (Å²) < 4.78 is 0. The maximum atomic E-state index is 4.51. The first-order valence-electron chi connectivity index (χ1n) is 8.35. The van der Waals surface area contributed by atoms with Crippen molar-refractivity contribution in [3.05, 3.63) is 18.1 Å². The fourth-order valence-corrected chi connectivity index (χ4v) is 4.99. The van der Waals surface area contributed by atoms with Gasteiger partial charge in [0.25, 0.3) is 0 Å². The van der Waals surface area contributed by atoms with Gasteiger partial charge in [0.05, 0.1) is 0 Å². The SMILES string of the molecule is Cc1cc(N2CCC[C@@H]2C[C@@H]2C[C@H]3CC[C@H]2C3)ncn1. The molecule has 3 heteroatoms. The van der Waals surface area contributed by atoms with E-state index in [0.717, 1.165) is 35.3 Å².